The molecular weight excluding hydrogens is 505 g/mol. The van der Waals surface area contributed by atoms with Gasteiger partial charge < -0.3 is 24.5 Å². The first-order valence-electron chi connectivity index (χ1n) is 13.3. The molecule has 0 aliphatic heterocycles. The third-order valence-corrected chi connectivity index (χ3v) is 10.1. The van der Waals surface area contributed by atoms with Crippen LogP contribution >= 0.6 is 7.14 Å². The van der Waals surface area contributed by atoms with Crippen molar-refractivity contribution < 1.29 is 9.30 Å². The standard InChI is InChI=1S/C31H38N5O2P/c1-7-24-12-10-15-29(35-25-13-11-14-27(18-25)39(37,8-2)9-3)31(24)34-23(5)33-28-17-16-26(19-30(28)38-6)36-20-22(4)32-21-36/h7,10-21,23,33,35H,8-9H2,1-6H3/b24-7-,34-31+. The van der Waals surface area contributed by atoms with Gasteiger partial charge >= 0.3 is 0 Å². The Morgan fingerprint density at radius 1 is 1.18 bits per heavy atom. The molecule has 1 aliphatic carbocycles. The van der Waals surface area contributed by atoms with Crippen LogP contribution in [0.5, 0.6) is 5.75 Å². The summed E-state index contributed by atoms with van der Waals surface area (Å²) in [5.74, 6) is 0.725. The maximum atomic E-state index is 13.3. The molecule has 0 amide bonds. The van der Waals surface area contributed by atoms with Crippen molar-refractivity contribution in [2.75, 3.05) is 30.1 Å². The summed E-state index contributed by atoms with van der Waals surface area (Å²) in [5.41, 5.74) is 6.43. The Balaban J connectivity index is 1.59. The number of benzene rings is 2. The molecule has 0 spiro atoms. The van der Waals surface area contributed by atoms with Crippen molar-refractivity contribution in [3.8, 4) is 11.4 Å². The number of aliphatic imine (C=N–C) groups is 1. The lowest BCUT2D eigenvalue weighted by atomic mass is 10.0. The maximum Gasteiger partial charge on any atom is 0.144 e. The molecule has 39 heavy (non-hydrogen) atoms. The van der Waals surface area contributed by atoms with Crippen LogP contribution in [0.1, 0.15) is 33.4 Å². The second-order valence-electron chi connectivity index (χ2n) is 9.49. The highest BCUT2D eigenvalue weighted by atomic mass is 31.2. The first-order chi connectivity index (χ1) is 18.8. The molecule has 1 atom stereocenters. The molecule has 2 aromatic carbocycles. The highest BCUT2D eigenvalue weighted by Crippen LogP contribution is 2.43. The largest absolute Gasteiger partial charge is 0.495 e. The van der Waals surface area contributed by atoms with E-state index in [0.29, 0.717) is 12.3 Å². The van der Waals surface area contributed by atoms with E-state index in [0.717, 1.165) is 50.8 Å². The molecule has 0 fully saturated rings. The summed E-state index contributed by atoms with van der Waals surface area (Å²) in [5, 5.41) is 7.92. The molecule has 8 heteroatoms. The van der Waals surface area contributed by atoms with Gasteiger partial charge in [-0.3, -0.25) is 4.99 Å². The summed E-state index contributed by atoms with van der Waals surface area (Å²) in [6.45, 7) is 9.99. The molecule has 1 unspecified atom stereocenters. The SMILES string of the molecule is C/C=C1/C=CC=C(Nc2cccc(P(=O)(CC)CC)c2)/C1=N/C(C)Nc1ccc(-n2cnc(C)c2)cc1OC. The third kappa shape index (κ3) is 6.43. The van der Waals surface area contributed by atoms with E-state index in [2.05, 4.69) is 27.8 Å². The summed E-state index contributed by atoms with van der Waals surface area (Å²) >= 11 is 0. The van der Waals surface area contributed by atoms with E-state index >= 15 is 0 Å². The van der Waals surface area contributed by atoms with Gasteiger partial charge in [-0.25, -0.2) is 4.98 Å². The van der Waals surface area contributed by atoms with Crippen molar-refractivity contribution in [3.05, 3.63) is 96.3 Å². The Morgan fingerprint density at radius 3 is 2.64 bits per heavy atom. The van der Waals surface area contributed by atoms with Crippen LogP contribution in [0.2, 0.25) is 0 Å². The lowest BCUT2D eigenvalue weighted by Gasteiger charge is -2.22. The molecular formula is C31H38N5O2P. The number of anilines is 2. The average molecular weight is 544 g/mol. The predicted molar refractivity (Wildman–Crippen MR) is 165 cm³/mol. The fourth-order valence-electron chi connectivity index (χ4n) is 4.59. The van der Waals surface area contributed by atoms with Gasteiger partial charge in [0.05, 0.1) is 41.9 Å². The van der Waals surface area contributed by atoms with Gasteiger partial charge in [0.25, 0.3) is 0 Å². The molecule has 1 heterocycles. The van der Waals surface area contributed by atoms with Crippen LogP contribution in [0.4, 0.5) is 11.4 Å². The van der Waals surface area contributed by atoms with Gasteiger partial charge in [-0.15, -0.1) is 0 Å². The number of imidazole rings is 1. The molecule has 7 nitrogen and oxygen atoms in total. The van der Waals surface area contributed by atoms with E-state index < -0.39 is 7.14 Å². The van der Waals surface area contributed by atoms with Crippen LogP contribution in [0.25, 0.3) is 5.69 Å². The van der Waals surface area contributed by atoms with Crippen molar-refractivity contribution >= 4 is 29.5 Å². The van der Waals surface area contributed by atoms with Crippen molar-refractivity contribution in [2.24, 2.45) is 4.99 Å². The topological polar surface area (TPSA) is 80.5 Å². The smallest absolute Gasteiger partial charge is 0.144 e. The van der Waals surface area contributed by atoms with E-state index in [9.17, 15) is 4.57 Å². The number of methoxy groups -OCH3 is 1. The first-order valence-corrected chi connectivity index (χ1v) is 15.4. The normalized spacial score (nSPS) is 16.3. The van der Waals surface area contributed by atoms with Gasteiger partial charge in [0.1, 0.15) is 19.1 Å². The Morgan fingerprint density at radius 2 is 1.97 bits per heavy atom. The highest BCUT2D eigenvalue weighted by molar-refractivity contribution is 7.71. The number of hydrogen-bond acceptors (Lipinski definition) is 6. The number of hydrogen-bond donors (Lipinski definition) is 2. The zero-order valence-electron chi connectivity index (χ0n) is 23.6. The van der Waals surface area contributed by atoms with Crippen LogP contribution in [0, 0.1) is 6.92 Å². The molecule has 0 saturated carbocycles. The van der Waals surface area contributed by atoms with Gasteiger partial charge in [-0.1, -0.05) is 44.2 Å². The molecule has 0 saturated heterocycles. The molecule has 0 bridgehead atoms. The van der Waals surface area contributed by atoms with Crippen LogP contribution in [-0.2, 0) is 4.57 Å². The summed E-state index contributed by atoms with van der Waals surface area (Å²) in [4.78, 5) is 9.37. The average Bonchev–Trinajstić information content (AvgIpc) is 3.40. The van der Waals surface area contributed by atoms with E-state index in [-0.39, 0.29) is 6.17 Å². The van der Waals surface area contributed by atoms with E-state index in [4.69, 9.17) is 9.73 Å². The van der Waals surface area contributed by atoms with Crippen molar-refractivity contribution in [2.45, 2.75) is 40.8 Å². The number of aryl methyl sites for hydroxylation is 1. The lowest BCUT2D eigenvalue weighted by molar-refractivity contribution is 0.416. The molecule has 204 valence electrons. The van der Waals surface area contributed by atoms with E-state index in [1.165, 1.54) is 0 Å². The predicted octanol–water partition coefficient (Wildman–Crippen LogP) is 6.93. The number of ether oxygens (including phenoxy) is 1. The van der Waals surface area contributed by atoms with Gasteiger partial charge in [0.15, 0.2) is 0 Å². The Hall–Kier alpha value is -3.83. The van der Waals surface area contributed by atoms with Gasteiger partial charge in [-0.2, -0.15) is 0 Å². The Kier molecular flexibility index (Phi) is 8.93. The summed E-state index contributed by atoms with van der Waals surface area (Å²) < 4.78 is 21.0. The molecule has 1 aromatic heterocycles. The zero-order valence-corrected chi connectivity index (χ0v) is 24.5. The monoisotopic (exact) mass is 543 g/mol. The van der Waals surface area contributed by atoms with Gasteiger partial charge in [0, 0.05) is 35.6 Å². The fraction of sp³-hybridized carbons (Fsp3) is 0.290. The van der Waals surface area contributed by atoms with Gasteiger partial charge in [-0.05, 0) is 56.7 Å². The number of nitrogens with zero attached hydrogens (tertiary/aromatic N) is 3. The van der Waals surface area contributed by atoms with Crippen molar-refractivity contribution in [3.63, 3.8) is 0 Å². The minimum atomic E-state index is -2.38. The van der Waals surface area contributed by atoms with E-state index in [1.807, 2.05) is 100.0 Å². The molecule has 4 rings (SSSR count). The number of nitrogens with one attached hydrogen (secondary N) is 2. The first kappa shape index (κ1) is 28.2. The van der Waals surface area contributed by atoms with Crippen LogP contribution in [0.15, 0.2) is 95.6 Å². The van der Waals surface area contributed by atoms with Crippen LogP contribution in [-0.4, -0.2) is 40.9 Å². The van der Waals surface area contributed by atoms with Crippen LogP contribution < -0.4 is 20.7 Å². The molecule has 0 radical (unpaired) electrons. The van der Waals surface area contributed by atoms with Crippen molar-refractivity contribution in [1.29, 1.82) is 0 Å². The summed E-state index contributed by atoms with van der Waals surface area (Å²) in [6, 6.07) is 14.0. The van der Waals surface area contributed by atoms with Gasteiger partial charge in [0.2, 0.25) is 0 Å². The summed E-state index contributed by atoms with van der Waals surface area (Å²) in [7, 11) is -0.715. The maximum absolute atomic E-state index is 13.3. The van der Waals surface area contributed by atoms with Crippen LogP contribution in [0.3, 0.4) is 0 Å². The molecule has 2 N–H and O–H groups in total. The second kappa shape index (κ2) is 12.4. The third-order valence-electron chi connectivity index (χ3n) is 6.88. The zero-order chi connectivity index (χ0) is 28.0. The Bertz CT molecular complexity index is 1490. The van der Waals surface area contributed by atoms with E-state index in [1.54, 1.807) is 13.4 Å². The highest BCUT2D eigenvalue weighted by Gasteiger charge is 2.21. The second-order valence-corrected chi connectivity index (χ2v) is 13.0. The molecule has 3 aromatic rings. The fourth-order valence-corrected chi connectivity index (χ4v) is 6.50. The summed E-state index contributed by atoms with van der Waals surface area (Å²) in [6.07, 6.45) is 13.0. The Labute approximate surface area is 231 Å². The minimum absolute atomic E-state index is 0.242. The molecule has 1 aliphatic rings. The van der Waals surface area contributed by atoms with Crippen molar-refractivity contribution in [1.82, 2.24) is 9.55 Å². The number of rotatable bonds is 10. The minimum Gasteiger partial charge on any atom is -0.495 e. The lowest BCUT2D eigenvalue weighted by Crippen LogP contribution is -2.22. The number of allylic oxidation sites excluding steroid dienone is 5. The quantitative estimate of drug-likeness (QED) is 0.271. The number of aromatic nitrogens is 2.